The SMILES string of the molecule is O=C(NCC1CCCN(C(=O)c2ccc(-n3ccnc3)nc2)C1)C1CCCN1. The van der Waals surface area contributed by atoms with Crippen LogP contribution in [-0.4, -0.2) is 63.5 Å². The van der Waals surface area contributed by atoms with E-state index in [9.17, 15) is 9.59 Å². The maximum atomic E-state index is 12.9. The average Bonchev–Trinajstić information content (AvgIpc) is 3.46. The predicted octanol–water partition coefficient (Wildman–Crippen LogP) is 0.988. The normalized spacial score (nSPS) is 22.2. The molecule has 28 heavy (non-hydrogen) atoms. The van der Waals surface area contributed by atoms with Gasteiger partial charge in [0.1, 0.15) is 12.1 Å². The molecule has 2 saturated heterocycles. The molecular weight excluding hydrogens is 356 g/mol. The molecule has 8 nitrogen and oxygen atoms in total. The van der Waals surface area contributed by atoms with Crippen LogP contribution >= 0.6 is 0 Å². The Morgan fingerprint density at radius 2 is 2.18 bits per heavy atom. The molecule has 4 heterocycles. The van der Waals surface area contributed by atoms with Crippen molar-refractivity contribution < 1.29 is 9.59 Å². The van der Waals surface area contributed by atoms with Crippen LogP contribution in [0.25, 0.3) is 5.82 Å². The van der Waals surface area contributed by atoms with Gasteiger partial charge in [0.15, 0.2) is 0 Å². The van der Waals surface area contributed by atoms with Gasteiger partial charge in [0.05, 0.1) is 11.6 Å². The first kappa shape index (κ1) is 18.6. The number of piperidine rings is 1. The van der Waals surface area contributed by atoms with Gasteiger partial charge in [0.2, 0.25) is 5.91 Å². The second-order valence-electron chi connectivity index (χ2n) is 7.53. The van der Waals surface area contributed by atoms with Gasteiger partial charge in [-0.05, 0) is 50.3 Å². The van der Waals surface area contributed by atoms with E-state index in [0.29, 0.717) is 24.6 Å². The van der Waals surface area contributed by atoms with Gasteiger partial charge in [0.25, 0.3) is 5.91 Å². The Morgan fingerprint density at radius 1 is 1.25 bits per heavy atom. The maximum Gasteiger partial charge on any atom is 0.255 e. The minimum absolute atomic E-state index is 0.00170. The predicted molar refractivity (Wildman–Crippen MR) is 104 cm³/mol. The standard InChI is InChI=1S/C20H26N6O2/c27-19(17-4-1-7-22-17)24-11-15-3-2-9-25(13-15)20(28)16-5-6-18(23-12-16)26-10-8-21-14-26/h5-6,8,10,12,14-15,17,22H,1-4,7,9,11,13H2,(H,24,27). The van der Waals surface area contributed by atoms with Gasteiger partial charge in [-0.2, -0.15) is 0 Å². The second kappa shape index (κ2) is 8.52. The molecule has 2 N–H and O–H groups in total. The lowest BCUT2D eigenvalue weighted by atomic mass is 9.97. The number of aromatic nitrogens is 3. The minimum Gasteiger partial charge on any atom is -0.354 e. The third kappa shape index (κ3) is 4.22. The van der Waals surface area contributed by atoms with Crippen LogP contribution in [0, 0.1) is 5.92 Å². The maximum absolute atomic E-state index is 12.9. The van der Waals surface area contributed by atoms with Crippen LogP contribution in [0.4, 0.5) is 0 Å². The van der Waals surface area contributed by atoms with Gasteiger partial charge in [-0.25, -0.2) is 9.97 Å². The van der Waals surface area contributed by atoms with E-state index in [0.717, 1.165) is 44.6 Å². The molecule has 2 aromatic heterocycles. The monoisotopic (exact) mass is 382 g/mol. The Hall–Kier alpha value is -2.74. The second-order valence-corrected chi connectivity index (χ2v) is 7.53. The third-order valence-electron chi connectivity index (χ3n) is 5.51. The van der Waals surface area contributed by atoms with E-state index in [4.69, 9.17) is 0 Å². The lowest BCUT2D eigenvalue weighted by Gasteiger charge is -2.33. The number of likely N-dealkylation sites (tertiary alicyclic amines) is 1. The van der Waals surface area contributed by atoms with Gasteiger partial charge < -0.3 is 15.5 Å². The first-order chi connectivity index (χ1) is 13.7. The number of amides is 2. The van der Waals surface area contributed by atoms with E-state index in [1.807, 2.05) is 23.2 Å². The molecule has 8 heteroatoms. The number of hydrogen-bond donors (Lipinski definition) is 2. The van der Waals surface area contributed by atoms with Crippen LogP contribution in [0.3, 0.4) is 0 Å². The molecule has 0 spiro atoms. The third-order valence-corrected chi connectivity index (χ3v) is 5.51. The number of nitrogens with one attached hydrogen (secondary N) is 2. The zero-order valence-corrected chi connectivity index (χ0v) is 15.9. The van der Waals surface area contributed by atoms with Crippen molar-refractivity contribution >= 4 is 11.8 Å². The Kier molecular flexibility index (Phi) is 5.66. The smallest absolute Gasteiger partial charge is 0.255 e. The Balaban J connectivity index is 1.32. The molecule has 2 aliphatic heterocycles. The largest absolute Gasteiger partial charge is 0.354 e. The van der Waals surface area contributed by atoms with Gasteiger partial charge in [-0.15, -0.1) is 0 Å². The Labute approximate surface area is 164 Å². The molecule has 2 aliphatic rings. The van der Waals surface area contributed by atoms with E-state index < -0.39 is 0 Å². The summed E-state index contributed by atoms with van der Waals surface area (Å²) >= 11 is 0. The van der Waals surface area contributed by atoms with Crippen LogP contribution in [0.1, 0.15) is 36.0 Å². The van der Waals surface area contributed by atoms with Crippen molar-refractivity contribution in [1.29, 1.82) is 0 Å². The molecule has 2 amide bonds. The lowest BCUT2D eigenvalue weighted by Crippen LogP contribution is -2.46. The van der Waals surface area contributed by atoms with E-state index in [1.54, 1.807) is 23.3 Å². The molecule has 0 aliphatic carbocycles. The number of hydrogen-bond acceptors (Lipinski definition) is 5. The number of carbonyl (C=O) groups is 2. The number of rotatable bonds is 5. The summed E-state index contributed by atoms with van der Waals surface area (Å²) in [4.78, 5) is 35.3. The van der Waals surface area contributed by atoms with Gasteiger partial charge in [0, 0.05) is 38.2 Å². The number of carbonyl (C=O) groups excluding carboxylic acids is 2. The van der Waals surface area contributed by atoms with Crippen LogP contribution in [0.15, 0.2) is 37.1 Å². The lowest BCUT2D eigenvalue weighted by molar-refractivity contribution is -0.123. The summed E-state index contributed by atoms with van der Waals surface area (Å²) in [5, 5.41) is 6.27. The van der Waals surface area contributed by atoms with Crippen molar-refractivity contribution in [3.63, 3.8) is 0 Å². The summed E-state index contributed by atoms with van der Waals surface area (Å²) in [6.45, 7) is 2.95. The van der Waals surface area contributed by atoms with Crippen LogP contribution in [0.5, 0.6) is 0 Å². The topological polar surface area (TPSA) is 92.2 Å². The summed E-state index contributed by atoms with van der Waals surface area (Å²) < 4.78 is 1.80. The summed E-state index contributed by atoms with van der Waals surface area (Å²) in [6, 6.07) is 3.58. The molecule has 2 fully saturated rings. The zero-order valence-electron chi connectivity index (χ0n) is 15.9. The molecule has 0 aromatic carbocycles. The highest BCUT2D eigenvalue weighted by molar-refractivity contribution is 5.94. The zero-order chi connectivity index (χ0) is 19.3. The van der Waals surface area contributed by atoms with Crippen LogP contribution in [0.2, 0.25) is 0 Å². The fourth-order valence-corrected chi connectivity index (χ4v) is 3.94. The molecule has 2 atom stereocenters. The Morgan fingerprint density at radius 3 is 2.89 bits per heavy atom. The number of pyridine rings is 1. The quantitative estimate of drug-likeness (QED) is 0.805. The highest BCUT2D eigenvalue weighted by Gasteiger charge is 2.27. The molecule has 0 saturated carbocycles. The molecule has 0 bridgehead atoms. The molecule has 0 radical (unpaired) electrons. The van der Waals surface area contributed by atoms with Crippen LogP contribution in [-0.2, 0) is 4.79 Å². The highest BCUT2D eigenvalue weighted by Crippen LogP contribution is 2.19. The van der Waals surface area contributed by atoms with E-state index >= 15 is 0 Å². The van der Waals surface area contributed by atoms with Crippen molar-refractivity contribution in [3.8, 4) is 5.82 Å². The molecule has 2 unspecified atom stereocenters. The average molecular weight is 382 g/mol. The van der Waals surface area contributed by atoms with Crippen molar-refractivity contribution in [2.24, 2.45) is 5.92 Å². The molecular formula is C20H26N6O2. The first-order valence-electron chi connectivity index (χ1n) is 9.95. The molecule has 4 rings (SSSR count). The van der Waals surface area contributed by atoms with Crippen molar-refractivity contribution in [3.05, 3.63) is 42.6 Å². The van der Waals surface area contributed by atoms with Gasteiger partial charge >= 0.3 is 0 Å². The van der Waals surface area contributed by atoms with E-state index in [-0.39, 0.29) is 17.9 Å². The Bertz CT molecular complexity index is 799. The highest BCUT2D eigenvalue weighted by atomic mass is 16.2. The first-order valence-corrected chi connectivity index (χ1v) is 9.95. The molecule has 148 valence electrons. The number of nitrogens with zero attached hydrogens (tertiary/aromatic N) is 4. The van der Waals surface area contributed by atoms with Crippen molar-refractivity contribution in [1.82, 2.24) is 30.1 Å². The van der Waals surface area contributed by atoms with E-state index in [2.05, 4.69) is 20.6 Å². The van der Waals surface area contributed by atoms with Crippen LogP contribution < -0.4 is 10.6 Å². The summed E-state index contributed by atoms with van der Waals surface area (Å²) in [6.07, 6.45) is 10.7. The summed E-state index contributed by atoms with van der Waals surface area (Å²) in [7, 11) is 0. The fourth-order valence-electron chi connectivity index (χ4n) is 3.94. The van der Waals surface area contributed by atoms with Gasteiger partial charge in [-0.3, -0.25) is 14.2 Å². The fraction of sp³-hybridized carbons (Fsp3) is 0.500. The molecule has 2 aromatic rings. The number of imidazole rings is 1. The summed E-state index contributed by atoms with van der Waals surface area (Å²) in [5.41, 5.74) is 0.587. The van der Waals surface area contributed by atoms with E-state index in [1.165, 1.54) is 0 Å². The minimum atomic E-state index is -0.0542. The van der Waals surface area contributed by atoms with Crippen molar-refractivity contribution in [2.45, 2.75) is 31.7 Å². The summed E-state index contributed by atoms with van der Waals surface area (Å²) in [5.74, 6) is 1.11. The van der Waals surface area contributed by atoms with Gasteiger partial charge in [-0.1, -0.05) is 0 Å². The van der Waals surface area contributed by atoms with Crippen molar-refractivity contribution in [2.75, 3.05) is 26.2 Å².